The lowest BCUT2D eigenvalue weighted by atomic mass is 9.88. The van der Waals surface area contributed by atoms with E-state index in [1.165, 1.54) is 71.4 Å². The quantitative estimate of drug-likeness (QED) is 0.807. The largest absolute Gasteiger partial charge is 0.312 e. The summed E-state index contributed by atoms with van der Waals surface area (Å²) in [5.41, 5.74) is 0. The summed E-state index contributed by atoms with van der Waals surface area (Å²) in [6.07, 6.45) is 6.90. The highest BCUT2D eigenvalue weighted by Crippen LogP contribution is 2.24. The molecule has 0 amide bonds. The summed E-state index contributed by atoms with van der Waals surface area (Å²) in [7, 11) is 0. The summed E-state index contributed by atoms with van der Waals surface area (Å²) in [5.74, 6) is 0.801. The van der Waals surface area contributed by atoms with Crippen molar-refractivity contribution >= 4 is 0 Å². The zero-order valence-electron chi connectivity index (χ0n) is 13.9. The first kappa shape index (κ1) is 16.3. The van der Waals surface area contributed by atoms with Crippen LogP contribution in [0.3, 0.4) is 0 Å². The Balaban J connectivity index is 1.80. The fourth-order valence-corrected chi connectivity index (χ4v) is 3.91. The Labute approximate surface area is 126 Å². The normalized spacial score (nSPS) is 30.0. The second-order valence-electron chi connectivity index (χ2n) is 7.14. The second kappa shape index (κ2) is 8.35. The Bertz CT molecular complexity index is 259. The van der Waals surface area contributed by atoms with Gasteiger partial charge >= 0.3 is 0 Å². The van der Waals surface area contributed by atoms with Crippen LogP contribution in [-0.4, -0.2) is 61.2 Å². The van der Waals surface area contributed by atoms with E-state index in [4.69, 9.17) is 0 Å². The molecule has 1 saturated carbocycles. The molecule has 0 aromatic carbocycles. The number of piperazine rings is 1. The van der Waals surface area contributed by atoms with Gasteiger partial charge in [0.2, 0.25) is 0 Å². The monoisotopic (exact) mass is 281 g/mol. The summed E-state index contributed by atoms with van der Waals surface area (Å²) in [6.45, 7) is 14.5. The molecule has 0 aromatic heterocycles. The Morgan fingerprint density at radius 2 is 1.75 bits per heavy atom. The summed E-state index contributed by atoms with van der Waals surface area (Å²) in [4.78, 5) is 5.43. The van der Waals surface area contributed by atoms with Crippen molar-refractivity contribution in [1.82, 2.24) is 15.1 Å². The molecule has 1 heterocycles. The number of rotatable bonds is 6. The molecule has 3 nitrogen and oxygen atoms in total. The van der Waals surface area contributed by atoms with Gasteiger partial charge in [0.25, 0.3) is 0 Å². The molecule has 2 atom stereocenters. The van der Waals surface area contributed by atoms with Crippen LogP contribution >= 0.6 is 0 Å². The minimum Gasteiger partial charge on any atom is -0.312 e. The first-order valence-electron chi connectivity index (χ1n) is 8.90. The molecule has 0 spiro atoms. The van der Waals surface area contributed by atoms with Crippen LogP contribution < -0.4 is 5.32 Å². The Hall–Kier alpha value is -0.120. The van der Waals surface area contributed by atoms with Gasteiger partial charge < -0.3 is 10.2 Å². The minimum atomic E-state index is 0.750. The third-order valence-corrected chi connectivity index (χ3v) is 4.89. The third-order valence-electron chi connectivity index (χ3n) is 4.89. The van der Waals surface area contributed by atoms with Gasteiger partial charge in [-0.05, 0) is 31.7 Å². The topological polar surface area (TPSA) is 18.5 Å². The van der Waals surface area contributed by atoms with Crippen LogP contribution in [0.15, 0.2) is 0 Å². The Morgan fingerprint density at radius 1 is 1.05 bits per heavy atom. The molecule has 0 bridgehead atoms. The molecule has 2 unspecified atom stereocenters. The van der Waals surface area contributed by atoms with Crippen molar-refractivity contribution in [2.75, 3.05) is 39.3 Å². The molecular formula is C17H35N3. The summed E-state index contributed by atoms with van der Waals surface area (Å²) >= 11 is 0. The lowest BCUT2D eigenvalue weighted by molar-refractivity contribution is 0.0571. The summed E-state index contributed by atoms with van der Waals surface area (Å²) in [6, 6.07) is 1.55. The van der Waals surface area contributed by atoms with Crippen LogP contribution in [0.1, 0.15) is 52.9 Å². The zero-order valence-corrected chi connectivity index (χ0v) is 13.9. The average molecular weight is 281 g/mol. The first-order chi connectivity index (χ1) is 9.70. The van der Waals surface area contributed by atoms with E-state index in [1.54, 1.807) is 0 Å². The van der Waals surface area contributed by atoms with Gasteiger partial charge in [-0.25, -0.2) is 0 Å². The second-order valence-corrected chi connectivity index (χ2v) is 7.14. The molecule has 118 valence electrons. The maximum absolute atomic E-state index is 3.81. The number of hydrogen-bond acceptors (Lipinski definition) is 3. The van der Waals surface area contributed by atoms with Crippen molar-refractivity contribution in [1.29, 1.82) is 0 Å². The molecule has 0 radical (unpaired) electrons. The first-order valence-corrected chi connectivity index (χ1v) is 8.90. The zero-order chi connectivity index (χ0) is 14.4. The lowest BCUT2D eigenvalue weighted by Crippen LogP contribution is -2.57. The van der Waals surface area contributed by atoms with Gasteiger partial charge in [0.15, 0.2) is 0 Å². The van der Waals surface area contributed by atoms with Crippen LogP contribution in [0.25, 0.3) is 0 Å². The maximum Gasteiger partial charge on any atom is 0.0250 e. The van der Waals surface area contributed by atoms with Gasteiger partial charge in [-0.3, -0.25) is 4.90 Å². The number of hydrogen-bond donors (Lipinski definition) is 1. The minimum absolute atomic E-state index is 0.750. The van der Waals surface area contributed by atoms with Gasteiger partial charge in [-0.15, -0.1) is 0 Å². The van der Waals surface area contributed by atoms with Crippen molar-refractivity contribution in [3.05, 3.63) is 0 Å². The van der Waals surface area contributed by atoms with E-state index in [9.17, 15) is 0 Å². The Kier molecular flexibility index (Phi) is 6.79. The van der Waals surface area contributed by atoms with E-state index < -0.39 is 0 Å². The van der Waals surface area contributed by atoms with Gasteiger partial charge in [-0.2, -0.15) is 0 Å². The predicted octanol–water partition coefficient (Wildman–Crippen LogP) is 2.57. The molecule has 1 aliphatic carbocycles. The fraction of sp³-hybridized carbons (Fsp3) is 1.00. The molecule has 2 fully saturated rings. The van der Waals surface area contributed by atoms with Crippen molar-refractivity contribution < 1.29 is 0 Å². The standard InChI is InChI=1S/C17H35N3/c1-4-9-18-16-7-5-6-8-17(16)20-12-10-19(11-13-20)14-15(2)3/h15-18H,4-14H2,1-3H3. The molecule has 2 aliphatic rings. The summed E-state index contributed by atoms with van der Waals surface area (Å²) in [5, 5.41) is 3.81. The highest BCUT2D eigenvalue weighted by atomic mass is 15.3. The Morgan fingerprint density at radius 3 is 2.40 bits per heavy atom. The van der Waals surface area contributed by atoms with E-state index in [0.717, 1.165) is 18.0 Å². The van der Waals surface area contributed by atoms with Crippen LogP contribution in [0.2, 0.25) is 0 Å². The molecule has 1 saturated heterocycles. The van der Waals surface area contributed by atoms with Gasteiger partial charge in [0, 0.05) is 44.8 Å². The van der Waals surface area contributed by atoms with Crippen molar-refractivity contribution in [3.8, 4) is 0 Å². The fourth-order valence-electron chi connectivity index (χ4n) is 3.91. The van der Waals surface area contributed by atoms with Gasteiger partial charge in [0.05, 0.1) is 0 Å². The highest BCUT2D eigenvalue weighted by Gasteiger charge is 2.31. The van der Waals surface area contributed by atoms with Gasteiger partial charge in [0.1, 0.15) is 0 Å². The lowest BCUT2D eigenvalue weighted by Gasteiger charge is -2.44. The van der Waals surface area contributed by atoms with Crippen molar-refractivity contribution in [3.63, 3.8) is 0 Å². The van der Waals surface area contributed by atoms with Crippen LogP contribution in [0.4, 0.5) is 0 Å². The molecule has 1 aliphatic heterocycles. The number of nitrogens with zero attached hydrogens (tertiary/aromatic N) is 2. The van der Waals surface area contributed by atoms with E-state index in [2.05, 4.69) is 35.9 Å². The SMILES string of the molecule is CCCNC1CCCCC1N1CCN(CC(C)C)CC1. The third kappa shape index (κ3) is 4.71. The van der Waals surface area contributed by atoms with E-state index in [1.807, 2.05) is 0 Å². The molecule has 3 heteroatoms. The van der Waals surface area contributed by atoms with Crippen LogP contribution in [0, 0.1) is 5.92 Å². The maximum atomic E-state index is 3.81. The molecule has 2 rings (SSSR count). The van der Waals surface area contributed by atoms with Crippen LogP contribution in [-0.2, 0) is 0 Å². The summed E-state index contributed by atoms with van der Waals surface area (Å²) < 4.78 is 0. The molecule has 0 aromatic rings. The number of nitrogens with one attached hydrogen (secondary N) is 1. The molecular weight excluding hydrogens is 246 g/mol. The smallest absolute Gasteiger partial charge is 0.0250 e. The van der Waals surface area contributed by atoms with Crippen molar-refractivity contribution in [2.24, 2.45) is 5.92 Å². The highest BCUT2D eigenvalue weighted by molar-refractivity contribution is 4.90. The van der Waals surface area contributed by atoms with Gasteiger partial charge in [-0.1, -0.05) is 33.6 Å². The van der Waals surface area contributed by atoms with E-state index in [-0.39, 0.29) is 0 Å². The molecule has 1 N–H and O–H groups in total. The van der Waals surface area contributed by atoms with E-state index in [0.29, 0.717) is 0 Å². The average Bonchev–Trinajstić information content (AvgIpc) is 2.46. The van der Waals surface area contributed by atoms with Crippen molar-refractivity contribution in [2.45, 2.75) is 65.0 Å². The van der Waals surface area contributed by atoms with E-state index >= 15 is 0 Å². The molecule has 20 heavy (non-hydrogen) atoms. The predicted molar refractivity (Wildman–Crippen MR) is 87.2 cm³/mol. The van der Waals surface area contributed by atoms with Crippen LogP contribution in [0.5, 0.6) is 0 Å².